The van der Waals surface area contributed by atoms with Gasteiger partial charge >= 0.3 is 5.69 Å². The molecule has 0 bridgehead atoms. The number of aryl methyl sites for hydroxylation is 3. The highest BCUT2D eigenvalue weighted by atomic mass is 35.5. The minimum absolute atomic E-state index is 0.205. The molecule has 0 amide bonds. The molecule has 4 rings (SSSR count). The molecule has 0 unspecified atom stereocenters. The van der Waals surface area contributed by atoms with E-state index in [0.717, 1.165) is 17.4 Å². The predicted molar refractivity (Wildman–Crippen MR) is 108 cm³/mol. The van der Waals surface area contributed by atoms with E-state index in [9.17, 15) is 9.59 Å². The third-order valence-corrected chi connectivity index (χ3v) is 5.09. The van der Waals surface area contributed by atoms with Crippen LogP contribution in [0.5, 0.6) is 0 Å². The van der Waals surface area contributed by atoms with Gasteiger partial charge in [0, 0.05) is 42.0 Å². The molecule has 0 aliphatic rings. The predicted octanol–water partition coefficient (Wildman–Crippen LogP) is 2.96. The summed E-state index contributed by atoms with van der Waals surface area (Å²) in [6, 6.07) is 7.20. The van der Waals surface area contributed by atoms with Gasteiger partial charge < -0.3 is 0 Å². The molecule has 0 saturated heterocycles. The molecule has 8 heteroatoms. The maximum Gasteiger partial charge on any atom is 0.330 e. The minimum Gasteiger partial charge on any atom is -0.298 e. The molecule has 142 valence electrons. The maximum atomic E-state index is 13.0. The smallest absolute Gasteiger partial charge is 0.298 e. The molecule has 3 heterocycles. The monoisotopic (exact) mass is 395 g/mol. The highest BCUT2D eigenvalue weighted by Crippen LogP contribution is 2.32. The molecule has 0 saturated carbocycles. The highest BCUT2D eigenvalue weighted by molar-refractivity contribution is 6.30. The molecular formula is C20H18ClN5O2. The Bertz CT molecular complexity index is 1260. The van der Waals surface area contributed by atoms with Crippen molar-refractivity contribution in [2.45, 2.75) is 13.5 Å². The van der Waals surface area contributed by atoms with E-state index in [-0.39, 0.29) is 5.69 Å². The SMILES string of the molecule is Cc1nc2c(c(-c3ccc(Cl)cc3)c1C=O)n(C)c(=O)n2Cc1cnn(C)c1. The van der Waals surface area contributed by atoms with Gasteiger partial charge in [-0.05, 0) is 24.6 Å². The summed E-state index contributed by atoms with van der Waals surface area (Å²) in [6.45, 7) is 2.12. The zero-order valence-electron chi connectivity index (χ0n) is 15.7. The first kappa shape index (κ1) is 18.2. The fraction of sp³-hybridized carbons (Fsp3) is 0.200. The molecule has 0 atom stereocenters. The van der Waals surface area contributed by atoms with Crippen molar-refractivity contribution in [1.29, 1.82) is 0 Å². The maximum absolute atomic E-state index is 13.0. The molecule has 4 aromatic rings. The molecule has 0 fully saturated rings. The second-order valence-corrected chi connectivity index (χ2v) is 7.17. The van der Waals surface area contributed by atoms with Gasteiger partial charge in [0.2, 0.25) is 0 Å². The van der Waals surface area contributed by atoms with Crippen LogP contribution in [0.4, 0.5) is 0 Å². The Morgan fingerprint density at radius 1 is 1.18 bits per heavy atom. The largest absolute Gasteiger partial charge is 0.330 e. The molecule has 0 aliphatic heterocycles. The van der Waals surface area contributed by atoms with Gasteiger partial charge in [-0.3, -0.25) is 18.6 Å². The first-order chi connectivity index (χ1) is 13.4. The van der Waals surface area contributed by atoms with Crippen LogP contribution in [0, 0.1) is 6.92 Å². The molecule has 0 radical (unpaired) electrons. The first-order valence-corrected chi connectivity index (χ1v) is 9.07. The van der Waals surface area contributed by atoms with E-state index in [1.165, 1.54) is 4.57 Å². The Morgan fingerprint density at radius 3 is 2.50 bits per heavy atom. The number of aldehydes is 1. The molecular weight excluding hydrogens is 378 g/mol. The van der Waals surface area contributed by atoms with Crippen LogP contribution in [0.15, 0.2) is 41.5 Å². The van der Waals surface area contributed by atoms with Gasteiger partial charge in [0.25, 0.3) is 0 Å². The van der Waals surface area contributed by atoms with Gasteiger partial charge in [0.1, 0.15) is 0 Å². The Labute approximate surface area is 165 Å². The van der Waals surface area contributed by atoms with Crippen molar-refractivity contribution in [3.05, 3.63) is 69.0 Å². The zero-order valence-corrected chi connectivity index (χ0v) is 16.4. The number of pyridine rings is 1. The number of nitrogens with zero attached hydrogens (tertiary/aromatic N) is 5. The summed E-state index contributed by atoms with van der Waals surface area (Å²) >= 11 is 6.03. The molecule has 0 N–H and O–H groups in total. The van der Waals surface area contributed by atoms with Crippen molar-refractivity contribution in [2.75, 3.05) is 0 Å². The Balaban J connectivity index is 2.05. The summed E-state index contributed by atoms with van der Waals surface area (Å²) in [7, 11) is 3.52. The molecule has 28 heavy (non-hydrogen) atoms. The molecule has 3 aromatic heterocycles. The summed E-state index contributed by atoms with van der Waals surface area (Å²) in [6.07, 6.45) is 4.37. The number of carbonyl (C=O) groups is 1. The Morgan fingerprint density at radius 2 is 1.89 bits per heavy atom. The zero-order chi connectivity index (χ0) is 20.0. The van der Waals surface area contributed by atoms with Gasteiger partial charge in [-0.15, -0.1) is 0 Å². The van der Waals surface area contributed by atoms with Crippen LogP contribution in [-0.2, 0) is 20.6 Å². The number of fused-ring (bicyclic) bond motifs is 1. The average molecular weight is 396 g/mol. The molecule has 1 aromatic carbocycles. The lowest BCUT2D eigenvalue weighted by atomic mass is 9.98. The number of carbonyl (C=O) groups excluding carboxylic acids is 1. The van der Waals surface area contributed by atoms with E-state index in [1.54, 1.807) is 41.5 Å². The Hall–Kier alpha value is -3.19. The van der Waals surface area contributed by atoms with E-state index < -0.39 is 0 Å². The van der Waals surface area contributed by atoms with Crippen molar-refractivity contribution in [2.24, 2.45) is 14.1 Å². The standard InChI is InChI=1S/C20H18ClN5O2/c1-12-16(11-27)17(14-4-6-15(21)7-5-14)18-19(23-12)26(20(28)25(18)3)10-13-8-22-24(2)9-13/h4-9,11H,10H2,1-3H3. The van der Waals surface area contributed by atoms with Crippen molar-refractivity contribution in [3.8, 4) is 11.1 Å². The number of rotatable bonds is 4. The number of benzene rings is 1. The van der Waals surface area contributed by atoms with Crippen molar-refractivity contribution >= 4 is 29.1 Å². The normalized spacial score (nSPS) is 11.3. The number of aromatic nitrogens is 5. The van der Waals surface area contributed by atoms with Crippen LogP contribution in [0.3, 0.4) is 0 Å². The third kappa shape index (κ3) is 2.84. The topological polar surface area (TPSA) is 74.7 Å². The van der Waals surface area contributed by atoms with Gasteiger partial charge in [0.15, 0.2) is 11.9 Å². The van der Waals surface area contributed by atoms with Crippen LogP contribution in [-0.4, -0.2) is 30.2 Å². The van der Waals surface area contributed by atoms with Gasteiger partial charge in [-0.1, -0.05) is 23.7 Å². The third-order valence-electron chi connectivity index (χ3n) is 4.84. The second-order valence-electron chi connectivity index (χ2n) is 6.73. The van der Waals surface area contributed by atoms with Crippen LogP contribution >= 0.6 is 11.6 Å². The van der Waals surface area contributed by atoms with Gasteiger partial charge in [-0.2, -0.15) is 5.10 Å². The summed E-state index contributed by atoms with van der Waals surface area (Å²) in [4.78, 5) is 29.4. The summed E-state index contributed by atoms with van der Waals surface area (Å²) < 4.78 is 4.83. The van der Waals surface area contributed by atoms with Crippen molar-refractivity contribution < 1.29 is 4.79 Å². The fourth-order valence-electron chi connectivity index (χ4n) is 3.50. The van der Waals surface area contributed by atoms with Crippen LogP contribution < -0.4 is 5.69 Å². The lowest BCUT2D eigenvalue weighted by Gasteiger charge is -2.11. The lowest BCUT2D eigenvalue weighted by molar-refractivity contribution is 0.112. The average Bonchev–Trinajstić information content (AvgIpc) is 3.18. The number of hydrogen-bond acceptors (Lipinski definition) is 4. The quantitative estimate of drug-likeness (QED) is 0.498. The lowest BCUT2D eigenvalue weighted by Crippen LogP contribution is -2.22. The van der Waals surface area contributed by atoms with E-state index in [2.05, 4.69) is 10.1 Å². The van der Waals surface area contributed by atoms with Gasteiger partial charge in [0.05, 0.1) is 24.0 Å². The van der Waals surface area contributed by atoms with Gasteiger partial charge in [-0.25, -0.2) is 9.78 Å². The molecule has 7 nitrogen and oxygen atoms in total. The number of imidazole rings is 1. The first-order valence-electron chi connectivity index (χ1n) is 8.69. The van der Waals surface area contributed by atoms with Crippen LogP contribution in [0.25, 0.3) is 22.3 Å². The summed E-state index contributed by atoms with van der Waals surface area (Å²) in [5.74, 6) is 0. The van der Waals surface area contributed by atoms with E-state index in [1.807, 2.05) is 25.4 Å². The van der Waals surface area contributed by atoms with Crippen LogP contribution in [0.1, 0.15) is 21.6 Å². The van der Waals surface area contributed by atoms with Crippen molar-refractivity contribution in [3.63, 3.8) is 0 Å². The summed E-state index contributed by atoms with van der Waals surface area (Å²) in [5, 5.41) is 4.76. The number of hydrogen-bond donors (Lipinski definition) is 0. The fourth-order valence-corrected chi connectivity index (χ4v) is 3.62. The number of halogens is 1. The molecule has 0 spiro atoms. The van der Waals surface area contributed by atoms with E-state index in [0.29, 0.717) is 39.6 Å². The van der Waals surface area contributed by atoms with E-state index >= 15 is 0 Å². The highest BCUT2D eigenvalue weighted by Gasteiger charge is 2.22. The Kier molecular flexibility index (Phi) is 4.39. The summed E-state index contributed by atoms with van der Waals surface area (Å²) in [5.41, 5.74) is 4.35. The minimum atomic E-state index is -0.205. The van der Waals surface area contributed by atoms with Crippen molar-refractivity contribution in [1.82, 2.24) is 23.9 Å². The van der Waals surface area contributed by atoms with E-state index in [4.69, 9.17) is 11.6 Å². The second kappa shape index (κ2) is 6.76. The molecule has 0 aliphatic carbocycles. The van der Waals surface area contributed by atoms with Crippen LogP contribution in [0.2, 0.25) is 5.02 Å².